The molecule has 3 nitrogen and oxygen atoms in total. The van der Waals surface area contributed by atoms with Crippen LogP contribution in [0.5, 0.6) is 0 Å². The third-order valence-electron chi connectivity index (χ3n) is 1.08. The molecule has 0 aromatic carbocycles. The van der Waals surface area contributed by atoms with Crippen molar-refractivity contribution in [1.82, 2.24) is 0 Å². The van der Waals surface area contributed by atoms with Crippen LogP contribution in [0.2, 0.25) is 0 Å². The molecule has 9 heavy (non-hydrogen) atoms. The van der Waals surface area contributed by atoms with Gasteiger partial charge < -0.3 is 10.3 Å². The Bertz CT molecular complexity index is 181. The molecule has 0 amide bonds. The molecule has 1 aliphatic rings. The lowest BCUT2D eigenvalue weighted by Crippen LogP contribution is -2.99. The van der Waals surface area contributed by atoms with Crippen LogP contribution >= 0.6 is 0 Å². The second-order valence-electron chi connectivity index (χ2n) is 1.73. The maximum Gasteiger partial charge on any atom is 0.153 e. The number of hydroxylamine groups is 2. The summed E-state index contributed by atoms with van der Waals surface area (Å²) in [7, 11) is 1.65. The third-order valence-corrected chi connectivity index (χ3v) is 1.08. The maximum absolute atomic E-state index is 10.7. The summed E-state index contributed by atoms with van der Waals surface area (Å²) in [5, 5.41) is 10.8. The number of nitrogens with zero attached hydrogens (tertiary/aromatic N) is 1. The zero-order chi connectivity index (χ0) is 6.69. The molecular formula is C6H8N2O. The highest BCUT2D eigenvalue weighted by Gasteiger charge is 2.02. The Morgan fingerprint density at radius 2 is 2.56 bits per heavy atom. The summed E-state index contributed by atoms with van der Waals surface area (Å²) in [5.74, 6) is 0. The molecule has 1 N–H and O–H groups in total. The van der Waals surface area contributed by atoms with E-state index in [0.29, 0.717) is 5.70 Å². The molecule has 0 fully saturated rings. The van der Waals surface area contributed by atoms with Crippen molar-refractivity contribution in [3.63, 3.8) is 0 Å². The van der Waals surface area contributed by atoms with Gasteiger partial charge in [-0.15, -0.1) is 0 Å². The van der Waals surface area contributed by atoms with Crippen LogP contribution in [-0.4, -0.2) is 13.3 Å². The first-order valence-electron chi connectivity index (χ1n) is 2.69. The molecule has 1 aliphatic heterocycles. The van der Waals surface area contributed by atoms with Crippen molar-refractivity contribution in [3.05, 3.63) is 29.3 Å². The number of quaternary nitrogens is 1. The van der Waals surface area contributed by atoms with Gasteiger partial charge in [0.05, 0.1) is 12.4 Å². The van der Waals surface area contributed by atoms with Gasteiger partial charge in [-0.1, -0.05) is 0 Å². The van der Waals surface area contributed by atoms with Gasteiger partial charge in [-0.25, -0.2) is 0 Å². The Balaban J connectivity index is 2.64. The van der Waals surface area contributed by atoms with Gasteiger partial charge in [0.25, 0.3) is 0 Å². The van der Waals surface area contributed by atoms with Gasteiger partial charge >= 0.3 is 0 Å². The van der Waals surface area contributed by atoms with Crippen molar-refractivity contribution >= 4 is 6.21 Å². The Labute approximate surface area is 53.6 Å². The first-order chi connectivity index (χ1) is 4.34. The monoisotopic (exact) mass is 124 g/mol. The van der Waals surface area contributed by atoms with Crippen molar-refractivity contribution in [2.45, 2.75) is 0 Å². The van der Waals surface area contributed by atoms with Crippen molar-refractivity contribution in [1.29, 1.82) is 0 Å². The zero-order valence-electron chi connectivity index (χ0n) is 5.16. The Kier molecular flexibility index (Phi) is 1.77. The summed E-state index contributed by atoms with van der Waals surface area (Å²) in [6.07, 6.45) is 6.55. The standard InChI is InChI=1S/C6H8N2O/c1-7-5-6-3-2-4-8(6)9/h2-5,8H,1H3. The summed E-state index contributed by atoms with van der Waals surface area (Å²) in [5.41, 5.74) is 0.664. The smallest absolute Gasteiger partial charge is 0.153 e. The van der Waals surface area contributed by atoms with Crippen molar-refractivity contribution in [2.75, 3.05) is 7.05 Å². The summed E-state index contributed by atoms with van der Waals surface area (Å²) in [6.45, 7) is 0. The summed E-state index contributed by atoms with van der Waals surface area (Å²) >= 11 is 0. The van der Waals surface area contributed by atoms with Crippen LogP contribution < -0.4 is 5.06 Å². The molecule has 1 atom stereocenters. The average Bonchev–Trinajstić information content (AvgIpc) is 2.18. The lowest BCUT2D eigenvalue weighted by molar-refractivity contribution is -0.736. The lowest BCUT2D eigenvalue weighted by atomic mass is 10.5. The van der Waals surface area contributed by atoms with E-state index in [1.54, 1.807) is 25.4 Å². The molecule has 1 unspecified atom stereocenters. The van der Waals surface area contributed by atoms with Crippen LogP contribution in [0, 0.1) is 5.21 Å². The molecule has 1 rings (SSSR count). The highest BCUT2D eigenvalue weighted by Crippen LogP contribution is 1.86. The normalized spacial score (nSPS) is 25.6. The summed E-state index contributed by atoms with van der Waals surface area (Å²) in [6, 6.07) is 0. The molecule has 1 heterocycles. The van der Waals surface area contributed by atoms with E-state index in [2.05, 4.69) is 4.99 Å². The van der Waals surface area contributed by atoms with Gasteiger partial charge in [0, 0.05) is 13.1 Å². The van der Waals surface area contributed by atoms with Crippen molar-refractivity contribution in [2.24, 2.45) is 4.99 Å². The highest BCUT2D eigenvalue weighted by molar-refractivity contribution is 5.76. The second kappa shape index (κ2) is 2.57. The zero-order valence-corrected chi connectivity index (χ0v) is 5.16. The van der Waals surface area contributed by atoms with Crippen LogP contribution in [0.1, 0.15) is 0 Å². The number of allylic oxidation sites excluding steroid dienone is 3. The summed E-state index contributed by atoms with van der Waals surface area (Å²) in [4.78, 5) is 3.71. The van der Waals surface area contributed by atoms with Crippen LogP contribution in [-0.2, 0) is 0 Å². The van der Waals surface area contributed by atoms with Crippen LogP contribution in [0.3, 0.4) is 0 Å². The molecule has 0 saturated carbocycles. The maximum atomic E-state index is 10.7. The van der Waals surface area contributed by atoms with E-state index in [9.17, 15) is 5.21 Å². The van der Waals surface area contributed by atoms with Gasteiger partial charge in [0.1, 0.15) is 0 Å². The fraction of sp³-hybridized carbons (Fsp3) is 0.167. The van der Waals surface area contributed by atoms with Crippen molar-refractivity contribution < 1.29 is 5.06 Å². The third kappa shape index (κ3) is 1.25. The predicted octanol–water partition coefficient (Wildman–Crippen LogP) is -0.519. The predicted molar refractivity (Wildman–Crippen MR) is 36.0 cm³/mol. The number of rotatable bonds is 1. The summed E-state index contributed by atoms with van der Waals surface area (Å²) < 4.78 is 0. The van der Waals surface area contributed by atoms with Gasteiger partial charge in [0.2, 0.25) is 0 Å². The van der Waals surface area contributed by atoms with Crippen LogP contribution in [0.15, 0.2) is 29.0 Å². The average molecular weight is 124 g/mol. The molecule has 0 spiro atoms. The number of aliphatic imine (C=N–C) groups is 1. The Morgan fingerprint density at radius 3 is 3.00 bits per heavy atom. The molecule has 0 aromatic rings. The molecule has 0 aromatic heterocycles. The topological polar surface area (TPSA) is 39.9 Å². The molecule has 0 radical (unpaired) electrons. The minimum Gasteiger partial charge on any atom is -0.624 e. The molecule has 0 bridgehead atoms. The first-order valence-corrected chi connectivity index (χ1v) is 2.69. The minimum absolute atomic E-state index is 0.0422. The van der Waals surface area contributed by atoms with E-state index in [1.165, 1.54) is 6.20 Å². The molecule has 48 valence electrons. The molecule has 0 aliphatic carbocycles. The van der Waals surface area contributed by atoms with E-state index in [0.717, 1.165) is 0 Å². The first kappa shape index (κ1) is 6.19. The van der Waals surface area contributed by atoms with Crippen LogP contribution in [0.4, 0.5) is 0 Å². The van der Waals surface area contributed by atoms with Gasteiger partial charge in [0.15, 0.2) is 5.70 Å². The Morgan fingerprint density at radius 1 is 1.78 bits per heavy atom. The second-order valence-corrected chi connectivity index (χ2v) is 1.73. The van der Waals surface area contributed by atoms with E-state index < -0.39 is 0 Å². The minimum atomic E-state index is 0.0422. The van der Waals surface area contributed by atoms with Crippen LogP contribution in [0.25, 0.3) is 0 Å². The highest BCUT2D eigenvalue weighted by atomic mass is 16.5. The molecule has 0 saturated heterocycles. The molecular weight excluding hydrogens is 116 g/mol. The SMILES string of the molecule is CN=CC1=CC=C[NH+]1[O-]. The van der Waals surface area contributed by atoms with E-state index in [1.807, 2.05) is 0 Å². The van der Waals surface area contributed by atoms with Crippen molar-refractivity contribution in [3.8, 4) is 0 Å². The number of nitrogens with one attached hydrogen (secondary N) is 1. The van der Waals surface area contributed by atoms with E-state index in [-0.39, 0.29) is 5.06 Å². The fourth-order valence-corrected chi connectivity index (χ4v) is 0.663. The number of hydrogen-bond acceptors (Lipinski definition) is 2. The van der Waals surface area contributed by atoms with Gasteiger partial charge in [-0.05, 0) is 6.08 Å². The largest absolute Gasteiger partial charge is 0.624 e. The van der Waals surface area contributed by atoms with E-state index in [4.69, 9.17) is 0 Å². The fourth-order valence-electron chi connectivity index (χ4n) is 0.663. The van der Waals surface area contributed by atoms with E-state index >= 15 is 0 Å². The number of hydrogen-bond donors (Lipinski definition) is 1. The lowest BCUT2D eigenvalue weighted by Gasteiger charge is -2.11. The molecule has 3 heteroatoms. The van der Waals surface area contributed by atoms with Gasteiger partial charge in [-0.3, -0.25) is 4.99 Å². The Hall–Kier alpha value is -0.930. The van der Waals surface area contributed by atoms with Gasteiger partial charge in [-0.2, -0.15) is 0 Å². The quantitative estimate of drug-likeness (QED) is 0.371.